The van der Waals surface area contributed by atoms with Crippen LogP contribution in [-0.4, -0.2) is 20.5 Å². The molecule has 21 heavy (non-hydrogen) atoms. The third-order valence-corrected chi connectivity index (χ3v) is 5.25. The van der Waals surface area contributed by atoms with Gasteiger partial charge in [0.05, 0.1) is 5.75 Å². The molecule has 2 atom stereocenters. The van der Waals surface area contributed by atoms with Gasteiger partial charge in [-0.15, -0.1) is 0 Å². The first-order chi connectivity index (χ1) is 9.89. The summed E-state index contributed by atoms with van der Waals surface area (Å²) in [5.74, 6) is 0.599. The second-order valence-electron chi connectivity index (χ2n) is 6.24. The van der Waals surface area contributed by atoms with Crippen molar-refractivity contribution in [2.75, 3.05) is 0 Å². The number of sulfonamides is 1. The van der Waals surface area contributed by atoms with Crippen molar-refractivity contribution in [2.45, 2.75) is 58.0 Å². The predicted octanol–water partition coefficient (Wildman–Crippen LogP) is 2.40. The van der Waals surface area contributed by atoms with Gasteiger partial charge in [-0.05, 0) is 23.5 Å². The van der Waals surface area contributed by atoms with Crippen LogP contribution in [0.15, 0.2) is 24.3 Å². The molecule has 118 valence electrons. The summed E-state index contributed by atoms with van der Waals surface area (Å²) in [4.78, 5) is 0. The van der Waals surface area contributed by atoms with Crippen molar-refractivity contribution in [1.29, 1.82) is 0 Å². The smallest absolute Gasteiger partial charge is 0.216 e. The zero-order chi connectivity index (χ0) is 15.5. The van der Waals surface area contributed by atoms with E-state index in [4.69, 9.17) is 0 Å². The van der Waals surface area contributed by atoms with E-state index in [2.05, 4.69) is 30.8 Å². The molecule has 0 saturated heterocycles. The van der Waals surface area contributed by atoms with Gasteiger partial charge in [-0.1, -0.05) is 51.5 Å². The maximum atomic E-state index is 12.1. The van der Waals surface area contributed by atoms with Crippen LogP contribution in [0.2, 0.25) is 0 Å². The van der Waals surface area contributed by atoms with Gasteiger partial charge in [0.25, 0.3) is 0 Å². The summed E-state index contributed by atoms with van der Waals surface area (Å²) < 4.78 is 27.0. The molecule has 0 amide bonds. The molecular weight excluding hydrogens is 284 g/mol. The average Bonchev–Trinajstić information content (AvgIpc) is 3.14. The molecule has 1 saturated carbocycles. The summed E-state index contributed by atoms with van der Waals surface area (Å²) in [6.07, 6.45) is 2.03. The van der Waals surface area contributed by atoms with Crippen molar-refractivity contribution in [2.24, 2.45) is 5.92 Å². The quantitative estimate of drug-likeness (QED) is 0.775. The van der Waals surface area contributed by atoms with Crippen LogP contribution in [0.5, 0.6) is 0 Å². The van der Waals surface area contributed by atoms with Crippen LogP contribution in [0.1, 0.15) is 44.7 Å². The van der Waals surface area contributed by atoms with Gasteiger partial charge in [0.15, 0.2) is 0 Å². The fourth-order valence-corrected chi connectivity index (χ4v) is 3.87. The second kappa shape index (κ2) is 6.90. The Kier molecular flexibility index (Phi) is 5.41. The number of rotatable bonds is 8. The lowest BCUT2D eigenvalue weighted by Gasteiger charge is -2.09. The van der Waals surface area contributed by atoms with E-state index in [9.17, 15) is 8.42 Å². The lowest BCUT2D eigenvalue weighted by Crippen LogP contribution is -2.28. The summed E-state index contributed by atoms with van der Waals surface area (Å²) >= 11 is 0. The van der Waals surface area contributed by atoms with Gasteiger partial charge in [0.2, 0.25) is 10.0 Å². The van der Waals surface area contributed by atoms with Crippen molar-refractivity contribution < 1.29 is 8.42 Å². The average molecular weight is 310 g/mol. The van der Waals surface area contributed by atoms with Gasteiger partial charge < -0.3 is 5.32 Å². The molecule has 0 aromatic heterocycles. The van der Waals surface area contributed by atoms with Crippen LogP contribution in [0.4, 0.5) is 0 Å². The SMILES string of the molecule is CCC1CC1NS(=O)(=O)Cc1ccc(CNC(C)C)cc1. The third-order valence-electron chi connectivity index (χ3n) is 3.87. The van der Waals surface area contributed by atoms with E-state index in [0.29, 0.717) is 12.0 Å². The van der Waals surface area contributed by atoms with Crippen LogP contribution in [-0.2, 0) is 22.3 Å². The maximum absolute atomic E-state index is 12.1. The Labute approximate surface area is 128 Å². The molecule has 0 spiro atoms. The molecule has 1 aromatic carbocycles. The number of benzene rings is 1. The minimum atomic E-state index is -3.22. The van der Waals surface area contributed by atoms with Crippen molar-refractivity contribution in [3.8, 4) is 0 Å². The molecule has 1 aliphatic rings. The molecule has 1 aliphatic carbocycles. The topological polar surface area (TPSA) is 58.2 Å². The monoisotopic (exact) mass is 310 g/mol. The lowest BCUT2D eigenvalue weighted by atomic mass is 10.1. The molecule has 0 bridgehead atoms. The van der Waals surface area contributed by atoms with E-state index in [1.807, 2.05) is 24.3 Å². The highest BCUT2D eigenvalue weighted by Gasteiger charge is 2.38. The molecule has 2 unspecified atom stereocenters. The van der Waals surface area contributed by atoms with E-state index < -0.39 is 10.0 Å². The number of nitrogens with one attached hydrogen (secondary N) is 2. The van der Waals surface area contributed by atoms with Gasteiger partial charge in [-0.3, -0.25) is 0 Å². The molecule has 2 rings (SSSR count). The Balaban J connectivity index is 1.87. The van der Waals surface area contributed by atoms with Crippen LogP contribution in [0.25, 0.3) is 0 Å². The van der Waals surface area contributed by atoms with Crippen molar-refractivity contribution in [3.63, 3.8) is 0 Å². The number of hydrogen-bond acceptors (Lipinski definition) is 3. The predicted molar refractivity (Wildman–Crippen MR) is 86.4 cm³/mol. The fraction of sp³-hybridized carbons (Fsp3) is 0.625. The van der Waals surface area contributed by atoms with E-state index in [1.54, 1.807) is 0 Å². The normalized spacial score (nSPS) is 21.7. The zero-order valence-electron chi connectivity index (χ0n) is 13.1. The van der Waals surface area contributed by atoms with Crippen LogP contribution < -0.4 is 10.0 Å². The number of hydrogen-bond donors (Lipinski definition) is 2. The molecule has 0 radical (unpaired) electrons. The van der Waals surface area contributed by atoms with Crippen molar-refractivity contribution in [3.05, 3.63) is 35.4 Å². The molecule has 1 fully saturated rings. The van der Waals surface area contributed by atoms with Crippen LogP contribution in [0.3, 0.4) is 0 Å². The zero-order valence-corrected chi connectivity index (χ0v) is 13.9. The highest BCUT2D eigenvalue weighted by Crippen LogP contribution is 2.33. The minimum absolute atomic E-state index is 0.0673. The minimum Gasteiger partial charge on any atom is -0.310 e. The van der Waals surface area contributed by atoms with E-state index in [1.165, 1.54) is 5.56 Å². The second-order valence-corrected chi connectivity index (χ2v) is 7.99. The highest BCUT2D eigenvalue weighted by molar-refractivity contribution is 7.88. The summed E-state index contributed by atoms with van der Waals surface area (Å²) in [6, 6.07) is 8.40. The van der Waals surface area contributed by atoms with Gasteiger partial charge in [-0.2, -0.15) is 0 Å². The molecule has 5 heteroatoms. The first-order valence-corrected chi connectivity index (χ1v) is 9.36. The summed E-state index contributed by atoms with van der Waals surface area (Å²) in [5.41, 5.74) is 2.01. The Hall–Kier alpha value is -0.910. The van der Waals surface area contributed by atoms with Gasteiger partial charge in [-0.25, -0.2) is 13.1 Å². The Bertz CT molecular complexity index is 552. The lowest BCUT2D eigenvalue weighted by molar-refractivity contribution is 0.575. The first kappa shape index (κ1) is 16.5. The van der Waals surface area contributed by atoms with Gasteiger partial charge in [0.1, 0.15) is 0 Å². The standard InChI is InChI=1S/C16H26N2O2S/c1-4-15-9-16(15)18-21(19,20)11-14-7-5-13(6-8-14)10-17-12(2)3/h5-8,12,15-18H,4,9-11H2,1-3H3. The maximum Gasteiger partial charge on any atom is 0.216 e. The summed E-state index contributed by atoms with van der Waals surface area (Å²) in [6.45, 7) is 7.12. The Morgan fingerprint density at radius 2 is 1.81 bits per heavy atom. The molecular formula is C16H26N2O2S. The molecule has 0 aliphatic heterocycles. The van der Waals surface area contributed by atoms with Crippen LogP contribution in [0, 0.1) is 5.92 Å². The van der Waals surface area contributed by atoms with Crippen LogP contribution >= 0.6 is 0 Å². The van der Waals surface area contributed by atoms with Crippen molar-refractivity contribution in [1.82, 2.24) is 10.0 Å². The first-order valence-electron chi connectivity index (χ1n) is 7.71. The molecule has 4 nitrogen and oxygen atoms in total. The summed E-state index contributed by atoms with van der Waals surface area (Å²) in [7, 11) is -3.22. The van der Waals surface area contributed by atoms with Crippen molar-refractivity contribution >= 4 is 10.0 Å². The van der Waals surface area contributed by atoms with E-state index >= 15 is 0 Å². The third kappa shape index (κ3) is 5.41. The molecule has 1 aromatic rings. The largest absolute Gasteiger partial charge is 0.310 e. The van der Waals surface area contributed by atoms with E-state index in [0.717, 1.165) is 24.9 Å². The van der Waals surface area contributed by atoms with Gasteiger partial charge in [0, 0.05) is 18.6 Å². The molecule has 2 N–H and O–H groups in total. The summed E-state index contributed by atoms with van der Waals surface area (Å²) in [5, 5.41) is 3.34. The Morgan fingerprint density at radius 3 is 2.33 bits per heavy atom. The van der Waals surface area contributed by atoms with E-state index in [-0.39, 0.29) is 11.8 Å². The molecule has 0 heterocycles. The highest BCUT2D eigenvalue weighted by atomic mass is 32.2. The Morgan fingerprint density at radius 1 is 1.19 bits per heavy atom. The fourth-order valence-electron chi connectivity index (χ4n) is 2.41. The van der Waals surface area contributed by atoms with Gasteiger partial charge >= 0.3 is 0 Å².